The SMILES string of the molecule is C[C@@H]1COCCN1c1cc(NCC2CC2)nc(-c2ccnc3[nH]ccc23)n1. The van der Waals surface area contributed by atoms with Crippen molar-refractivity contribution >= 4 is 22.7 Å². The number of aromatic nitrogens is 4. The van der Waals surface area contributed by atoms with Crippen LogP contribution in [-0.2, 0) is 4.74 Å². The molecular formula is C20H24N6O. The molecule has 3 aromatic rings. The molecule has 1 saturated carbocycles. The Hall–Kier alpha value is -2.67. The van der Waals surface area contributed by atoms with Gasteiger partial charge in [0.1, 0.15) is 17.3 Å². The molecule has 2 fully saturated rings. The van der Waals surface area contributed by atoms with E-state index in [2.05, 4.69) is 33.2 Å². The maximum atomic E-state index is 5.60. The number of fused-ring (bicyclic) bond motifs is 1. The first-order valence-electron chi connectivity index (χ1n) is 9.68. The summed E-state index contributed by atoms with van der Waals surface area (Å²) in [5.41, 5.74) is 1.85. The molecule has 1 aliphatic heterocycles. The van der Waals surface area contributed by atoms with Crippen molar-refractivity contribution in [2.45, 2.75) is 25.8 Å². The highest BCUT2D eigenvalue weighted by atomic mass is 16.5. The minimum atomic E-state index is 0.294. The number of ether oxygens (including phenoxy) is 1. The molecule has 0 aromatic carbocycles. The van der Waals surface area contributed by atoms with E-state index < -0.39 is 0 Å². The van der Waals surface area contributed by atoms with E-state index in [0.29, 0.717) is 6.04 Å². The number of anilines is 2. The number of aromatic amines is 1. The Morgan fingerprint density at radius 2 is 2.22 bits per heavy atom. The predicted molar refractivity (Wildman–Crippen MR) is 106 cm³/mol. The summed E-state index contributed by atoms with van der Waals surface area (Å²) >= 11 is 0. The normalized spacial score (nSPS) is 20.2. The van der Waals surface area contributed by atoms with E-state index in [1.54, 1.807) is 6.20 Å². The van der Waals surface area contributed by atoms with Crippen molar-refractivity contribution in [2.24, 2.45) is 5.92 Å². The number of hydrogen-bond donors (Lipinski definition) is 2. The lowest BCUT2D eigenvalue weighted by atomic mass is 10.1. The molecular weight excluding hydrogens is 340 g/mol. The monoisotopic (exact) mass is 364 g/mol. The third-order valence-electron chi connectivity index (χ3n) is 5.34. The average molecular weight is 364 g/mol. The van der Waals surface area contributed by atoms with Crippen LogP contribution in [0.1, 0.15) is 19.8 Å². The quantitative estimate of drug-likeness (QED) is 0.724. The first-order valence-corrected chi connectivity index (χ1v) is 9.68. The first-order chi connectivity index (χ1) is 13.3. The van der Waals surface area contributed by atoms with Gasteiger partial charge in [-0.3, -0.25) is 0 Å². The van der Waals surface area contributed by atoms with Crippen molar-refractivity contribution in [1.29, 1.82) is 0 Å². The van der Waals surface area contributed by atoms with Gasteiger partial charge in [-0.25, -0.2) is 15.0 Å². The Labute approximate surface area is 158 Å². The number of nitrogens with one attached hydrogen (secondary N) is 2. The largest absolute Gasteiger partial charge is 0.377 e. The zero-order valence-corrected chi connectivity index (χ0v) is 15.5. The van der Waals surface area contributed by atoms with Gasteiger partial charge in [-0.05, 0) is 37.8 Å². The number of morpholine rings is 1. The Bertz CT molecular complexity index is 951. The summed E-state index contributed by atoms with van der Waals surface area (Å²) in [4.78, 5) is 19.6. The van der Waals surface area contributed by atoms with E-state index in [9.17, 15) is 0 Å². The highest BCUT2D eigenvalue weighted by Gasteiger charge is 2.24. The van der Waals surface area contributed by atoms with E-state index in [0.717, 1.165) is 66.3 Å². The van der Waals surface area contributed by atoms with E-state index in [4.69, 9.17) is 14.7 Å². The molecule has 140 valence electrons. The van der Waals surface area contributed by atoms with Crippen LogP contribution in [0.5, 0.6) is 0 Å². The fourth-order valence-electron chi connectivity index (χ4n) is 3.59. The summed E-state index contributed by atoms with van der Waals surface area (Å²) in [6.07, 6.45) is 6.33. The zero-order valence-electron chi connectivity index (χ0n) is 15.5. The highest BCUT2D eigenvalue weighted by Crippen LogP contribution is 2.31. The smallest absolute Gasteiger partial charge is 0.164 e. The van der Waals surface area contributed by atoms with Crippen LogP contribution in [0.2, 0.25) is 0 Å². The van der Waals surface area contributed by atoms with Crippen LogP contribution in [0.3, 0.4) is 0 Å². The maximum absolute atomic E-state index is 5.60. The predicted octanol–water partition coefficient (Wildman–Crippen LogP) is 3.07. The molecule has 1 saturated heterocycles. The second-order valence-electron chi connectivity index (χ2n) is 7.48. The second kappa shape index (κ2) is 6.81. The Morgan fingerprint density at radius 3 is 3.07 bits per heavy atom. The summed E-state index contributed by atoms with van der Waals surface area (Å²) in [5.74, 6) is 3.36. The lowest BCUT2D eigenvalue weighted by molar-refractivity contribution is 0.0985. The van der Waals surface area contributed by atoms with Gasteiger partial charge in [-0.1, -0.05) is 0 Å². The summed E-state index contributed by atoms with van der Waals surface area (Å²) in [6.45, 7) is 5.45. The number of pyridine rings is 1. The van der Waals surface area contributed by atoms with Crippen LogP contribution in [0, 0.1) is 5.92 Å². The van der Waals surface area contributed by atoms with Crippen LogP contribution >= 0.6 is 0 Å². The number of nitrogens with zero attached hydrogens (tertiary/aromatic N) is 4. The van der Waals surface area contributed by atoms with Gasteiger partial charge in [-0.15, -0.1) is 0 Å². The Morgan fingerprint density at radius 1 is 1.30 bits per heavy atom. The Balaban J connectivity index is 1.57. The van der Waals surface area contributed by atoms with Crippen LogP contribution in [-0.4, -0.2) is 52.3 Å². The van der Waals surface area contributed by atoms with Gasteiger partial charge in [0.25, 0.3) is 0 Å². The van der Waals surface area contributed by atoms with Gasteiger partial charge >= 0.3 is 0 Å². The van der Waals surface area contributed by atoms with Crippen LogP contribution in [0.15, 0.2) is 30.6 Å². The van der Waals surface area contributed by atoms with Crippen molar-refractivity contribution in [2.75, 3.05) is 36.5 Å². The molecule has 0 bridgehead atoms. The molecule has 0 spiro atoms. The molecule has 3 aromatic heterocycles. The van der Waals surface area contributed by atoms with Crippen molar-refractivity contribution < 1.29 is 4.74 Å². The Kier molecular flexibility index (Phi) is 4.16. The van der Waals surface area contributed by atoms with Gasteiger partial charge < -0.3 is 19.9 Å². The van der Waals surface area contributed by atoms with E-state index in [1.165, 1.54) is 12.8 Å². The molecule has 2 aliphatic rings. The van der Waals surface area contributed by atoms with E-state index in [1.807, 2.05) is 18.3 Å². The topological polar surface area (TPSA) is 79.0 Å². The standard InChI is InChI=1S/C20H24N6O/c1-13-12-27-9-8-26(13)18-10-17(23-11-14-2-3-14)24-20(25-18)16-5-7-22-19-15(16)4-6-21-19/h4-7,10,13-14H,2-3,8-9,11-12H2,1H3,(H,21,22)(H,23,24,25)/t13-/m1/s1. The molecule has 0 amide bonds. The summed E-state index contributed by atoms with van der Waals surface area (Å²) in [5, 5.41) is 4.56. The van der Waals surface area contributed by atoms with Gasteiger partial charge in [0.2, 0.25) is 0 Å². The first kappa shape index (κ1) is 16.5. The number of rotatable bonds is 5. The number of hydrogen-bond acceptors (Lipinski definition) is 6. The van der Waals surface area contributed by atoms with Crippen LogP contribution < -0.4 is 10.2 Å². The van der Waals surface area contributed by atoms with E-state index in [-0.39, 0.29) is 0 Å². The van der Waals surface area contributed by atoms with Gasteiger partial charge in [0.05, 0.1) is 19.3 Å². The molecule has 7 nitrogen and oxygen atoms in total. The molecule has 1 aliphatic carbocycles. The zero-order chi connectivity index (χ0) is 18.2. The molecule has 1 atom stereocenters. The van der Waals surface area contributed by atoms with E-state index >= 15 is 0 Å². The second-order valence-corrected chi connectivity index (χ2v) is 7.48. The van der Waals surface area contributed by atoms with Crippen molar-refractivity contribution in [3.8, 4) is 11.4 Å². The molecule has 27 heavy (non-hydrogen) atoms. The number of H-pyrrole nitrogens is 1. The molecule has 0 radical (unpaired) electrons. The minimum absolute atomic E-state index is 0.294. The lowest BCUT2D eigenvalue weighted by Crippen LogP contribution is -2.44. The van der Waals surface area contributed by atoms with Crippen LogP contribution in [0.25, 0.3) is 22.4 Å². The van der Waals surface area contributed by atoms with Crippen molar-refractivity contribution in [3.63, 3.8) is 0 Å². The van der Waals surface area contributed by atoms with Gasteiger partial charge in [-0.2, -0.15) is 0 Å². The maximum Gasteiger partial charge on any atom is 0.164 e. The van der Waals surface area contributed by atoms with Crippen molar-refractivity contribution in [1.82, 2.24) is 19.9 Å². The average Bonchev–Trinajstić information content (AvgIpc) is 3.40. The van der Waals surface area contributed by atoms with Gasteiger partial charge in [0.15, 0.2) is 5.82 Å². The lowest BCUT2D eigenvalue weighted by Gasteiger charge is -2.34. The summed E-state index contributed by atoms with van der Waals surface area (Å²) in [7, 11) is 0. The molecule has 5 rings (SSSR count). The third kappa shape index (κ3) is 3.35. The summed E-state index contributed by atoms with van der Waals surface area (Å²) < 4.78 is 5.60. The van der Waals surface area contributed by atoms with Crippen molar-refractivity contribution in [3.05, 3.63) is 30.6 Å². The molecule has 4 heterocycles. The minimum Gasteiger partial charge on any atom is -0.377 e. The van der Waals surface area contributed by atoms with Gasteiger partial charge in [0, 0.05) is 42.5 Å². The third-order valence-corrected chi connectivity index (χ3v) is 5.34. The highest BCUT2D eigenvalue weighted by molar-refractivity contribution is 5.91. The molecule has 7 heteroatoms. The van der Waals surface area contributed by atoms with Crippen LogP contribution in [0.4, 0.5) is 11.6 Å². The fraction of sp³-hybridized carbons (Fsp3) is 0.450. The molecule has 0 unspecified atom stereocenters. The summed E-state index contributed by atoms with van der Waals surface area (Å²) in [6, 6.07) is 6.39. The fourth-order valence-corrected chi connectivity index (χ4v) is 3.59. The molecule has 2 N–H and O–H groups in total.